The molecule has 4 aromatic rings. The van der Waals surface area contributed by atoms with Crippen LogP contribution in [0.15, 0.2) is 114 Å². The predicted molar refractivity (Wildman–Crippen MR) is 159 cm³/mol. The van der Waals surface area contributed by atoms with Gasteiger partial charge in [-0.2, -0.15) is 4.31 Å². The van der Waals surface area contributed by atoms with Crippen LogP contribution >= 0.6 is 12.2 Å². The number of rotatable bonds is 11. The van der Waals surface area contributed by atoms with Gasteiger partial charge in [-0.05, 0) is 66.3 Å². The number of carbonyl (C=O) groups is 1. The summed E-state index contributed by atoms with van der Waals surface area (Å²) in [6.07, 6.45) is 0. The molecule has 1 amide bonds. The van der Waals surface area contributed by atoms with Gasteiger partial charge in [0.05, 0.1) is 10.5 Å². The van der Waals surface area contributed by atoms with Crippen LogP contribution in [0, 0.1) is 0 Å². The standard InChI is InChI=1S/C30H29N3O5S2/c1-33(22-23-10-4-2-5-11-23)40(35,36)26-18-16-24(17-19-26)31-30(39)32-29(34)27-14-8-9-15-28(27)38-21-20-37-25-12-6-3-7-13-25/h2-19H,20-22H2,1H3,(H2,31,32,34,39). The zero-order valence-corrected chi connectivity index (χ0v) is 23.5. The fourth-order valence-corrected chi connectivity index (χ4v) is 5.13. The molecule has 0 aliphatic rings. The fraction of sp³-hybridized carbons (Fsp3) is 0.133. The molecule has 0 unspecified atom stereocenters. The summed E-state index contributed by atoms with van der Waals surface area (Å²) >= 11 is 5.31. The molecule has 0 heterocycles. The zero-order chi connectivity index (χ0) is 28.4. The van der Waals surface area contributed by atoms with Gasteiger partial charge in [-0.15, -0.1) is 0 Å². The zero-order valence-electron chi connectivity index (χ0n) is 21.8. The number of hydrogen-bond acceptors (Lipinski definition) is 6. The van der Waals surface area contributed by atoms with Crippen LogP contribution in [-0.2, 0) is 16.6 Å². The fourth-order valence-electron chi connectivity index (χ4n) is 3.76. The number of sulfonamides is 1. The molecule has 0 saturated heterocycles. The minimum Gasteiger partial charge on any atom is -0.490 e. The third-order valence-electron chi connectivity index (χ3n) is 5.78. The van der Waals surface area contributed by atoms with Gasteiger partial charge in [0, 0.05) is 19.3 Å². The first-order chi connectivity index (χ1) is 19.3. The van der Waals surface area contributed by atoms with Crippen LogP contribution in [0.4, 0.5) is 5.69 Å². The highest BCUT2D eigenvalue weighted by Crippen LogP contribution is 2.20. The molecule has 0 aliphatic heterocycles. The topological polar surface area (TPSA) is 97.0 Å². The third kappa shape index (κ3) is 7.89. The summed E-state index contributed by atoms with van der Waals surface area (Å²) in [6.45, 7) is 0.815. The van der Waals surface area contributed by atoms with Gasteiger partial charge >= 0.3 is 0 Å². The Hall–Kier alpha value is -4.25. The van der Waals surface area contributed by atoms with Crippen molar-refractivity contribution >= 4 is 38.9 Å². The van der Waals surface area contributed by atoms with E-state index in [1.54, 1.807) is 36.4 Å². The smallest absolute Gasteiger partial charge is 0.261 e. The molecule has 0 aliphatic carbocycles. The Morgan fingerprint density at radius 3 is 2.10 bits per heavy atom. The van der Waals surface area contributed by atoms with E-state index in [-0.39, 0.29) is 23.2 Å². The summed E-state index contributed by atoms with van der Waals surface area (Å²) in [5.41, 5.74) is 1.73. The summed E-state index contributed by atoms with van der Waals surface area (Å²) < 4.78 is 38.6. The number of ether oxygens (including phenoxy) is 2. The van der Waals surface area contributed by atoms with Crippen LogP contribution in [0.25, 0.3) is 0 Å². The van der Waals surface area contributed by atoms with Gasteiger partial charge in [0.15, 0.2) is 5.11 Å². The average molecular weight is 576 g/mol. The monoisotopic (exact) mass is 575 g/mol. The number of carbonyl (C=O) groups excluding carboxylic acids is 1. The Bertz CT molecular complexity index is 1530. The molecule has 2 N–H and O–H groups in total. The number of thiocarbonyl (C=S) groups is 1. The largest absolute Gasteiger partial charge is 0.490 e. The third-order valence-corrected chi connectivity index (χ3v) is 7.80. The molecular formula is C30H29N3O5S2. The lowest BCUT2D eigenvalue weighted by atomic mass is 10.2. The molecule has 40 heavy (non-hydrogen) atoms. The number of nitrogens with zero attached hydrogens (tertiary/aromatic N) is 1. The van der Waals surface area contributed by atoms with Crippen molar-refractivity contribution in [2.45, 2.75) is 11.4 Å². The van der Waals surface area contributed by atoms with Crippen molar-refractivity contribution in [3.63, 3.8) is 0 Å². The highest BCUT2D eigenvalue weighted by atomic mass is 32.2. The van der Waals surface area contributed by atoms with E-state index in [1.807, 2.05) is 60.7 Å². The number of nitrogens with one attached hydrogen (secondary N) is 2. The number of para-hydroxylation sites is 2. The lowest BCUT2D eigenvalue weighted by molar-refractivity contribution is 0.0972. The van der Waals surface area contributed by atoms with Crippen LogP contribution in [0.2, 0.25) is 0 Å². The summed E-state index contributed by atoms with van der Waals surface area (Å²) in [4.78, 5) is 13.0. The minimum atomic E-state index is -3.69. The van der Waals surface area contributed by atoms with E-state index in [2.05, 4.69) is 10.6 Å². The van der Waals surface area contributed by atoms with Crippen LogP contribution in [0.1, 0.15) is 15.9 Å². The van der Waals surface area contributed by atoms with Crippen molar-refractivity contribution in [2.75, 3.05) is 25.6 Å². The van der Waals surface area contributed by atoms with Crippen molar-refractivity contribution in [3.8, 4) is 11.5 Å². The average Bonchev–Trinajstić information content (AvgIpc) is 2.97. The molecule has 0 saturated carbocycles. The Kier molecular flexibility index (Phi) is 9.85. The second kappa shape index (κ2) is 13.7. The summed E-state index contributed by atoms with van der Waals surface area (Å²) in [5, 5.41) is 5.61. The molecular weight excluding hydrogens is 546 g/mol. The summed E-state index contributed by atoms with van der Waals surface area (Å²) in [6, 6.07) is 31.7. The van der Waals surface area contributed by atoms with Crippen LogP contribution in [-0.4, -0.2) is 44.0 Å². The van der Waals surface area contributed by atoms with Crippen molar-refractivity contribution in [3.05, 3.63) is 120 Å². The number of hydrogen-bond donors (Lipinski definition) is 2. The first kappa shape index (κ1) is 28.8. The quantitative estimate of drug-likeness (QED) is 0.190. The highest BCUT2D eigenvalue weighted by molar-refractivity contribution is 7.89. The van der Waals surface area contributed by atoms with E-state index in [4.69, 9.17) is 21.7 Å². The van der Waals surface area contributed by atoms with Crippen molar-refractivity contribution in [1.29, 1.82) is 0 Å². The van der Waals surface area contributed by atoms with Gasteiger partial charge in [-0.25, -0.2) is 8.42 Å². The molecule has 0 radical (unpaired) electrons. The molecule has 206 valence electrons. The maximum Gasteiger partial charge on any atom is 0.261 e. The Balaban J connectivity index is 1.30. The van der Waals surface area contributed by atoms with Gasteiger partial charge < -0.3 is 14.8 Å². The lowest BCUT2D eigenvalue weighted by Gasteiger charge is -2.18. The van der Waals surface area contributed by atoms with Crippen molar-refractivity contribution < 1.29 is 22.7 Å². The number of amides is 1. The Labute approximate surface area is 239 Å². The van der Waals surface area contributed by atoms with Gasteiger partial charge in [0.1, 0.15) is 24.7 Å². The molecule has 0 spiro atoms. The van der Waals surface area contributed by atoms with Crippen molar-refractivity contribution in [2.24, 2.45) is 0 Å². The summed E-state index contributed by atoms with van der Waals surface area (Å²) in [5.74, 6) is 0.686. The van der Waals surface area contributed by atoms with Gasteiger partial charge in [0.2, 0.25) is 10.0 Å². The molecule has 4 aromatic carbocycles. The molecule has 0 bridgehead atoms. The summed E-state index contributed by atoms with van der Waals surface area (Å²) in [7, 11) is -2.15. The second-order valence-electron chi connectivity index (χ2n) is 8.69. The van der Waals surface area contributed by atoms with E-state index in [0.29, 0.717) is 23.6 Å². The second-order valence-corrected chi connectivity index (χ2v) is 11.1. The Morgan fingerprint density at radius 1 is 0.800 bits per heavy atom. The first-order valence-corrected chi connectivity index (χ1v) is 14.3. The first-order valence-electron chi connectivity index (χ1n) is 12.5. The van der Waals surface area contributed by atoms with Crippen molar-refractivity contribution in [1.82, 2.24) is 9.62 Å². The molecule has 0 fully saturated rings. The lowest BCUT2D eigenvalue weighted by Crippen LogP contribution is -2.34. The maximum atomic E-state index is 13.0. The molecule has 8 nitrogen and oxygen atoms in total. The Morgan fingerprint density at radius 2 is 1.40 bits per heavy atom. The van der Waals surface area contributed by atoms with E-state index in [1.165, 1.54) is 23.5 Å². The van der Waals surface area contributed by atoms with E-state index < -0.39 is 15.9 Å². The number of anilines is 1. The van der Waals surface area contributed by atoms with E-state index in [9.17, 15) is 13.2 Å². The maximum absolute atomic E-state index is 13.0. The predicted octanol–water partition coefficient (Wildman–Crippen LogP) is 5.09. The van der Waals surface area contributed by atoms with Crippen LogP contribution < -0.4 is 20.1 Å². The SMILES string of the molecule is CN(Cc1ccccc1)S(=O)(=O)c1ccc(NC(=S)NC(=O)c2ccccc2OCCOc2ccccc2)cc1. The van der Waals surface area contributed by atoms with Crippen LogP contribution in [0.3, 0.4) is 0 Å². The molecule has 4 rings (SSSR count). The number of benzene rings is 4. The molecule has 0 atom stereocenters. The van der Waals surface area contributed by atoms with Crippen LogP contribution in [0.5, 0.6) is 11.5 Å². The van der Waals surface area contributed by atoms with Gasteiger partial charge in [-0.3, -0.25) is 10.1 Å². The minimum absolute atomic E-state index is 0.0593. The highest BCUT2D eigenvalue weighted by Gasteiger charge is 2.21. The van der Waals surface area contributed by atoms with E-state index >= 15 is 0 Å². The van der Waals surface area contributed by atoms with Gasteiger partial charge in [-0.1, -0.05) is 60.7 Å². The molecule has 0 aromatic heterocycles. The van der Waals surface area contributed by atoms with E-state index in [0.717, 1.165) is 11.3 Å². The normalized spacial score (nSPS) is 11.1. The molecule has 10 heteroatoms. The van der Waals surface area contributed by atoms with Gasteiger partial charge in [0.25, 0.3) is 5.91 Å².